The van der Waals surface area contributed by atoms with Crippen molar-refractivity contribution in [3.63, 3.8) is 0 Å². The summed E-state index contributed by atoms with van der Waals surface area (Å²) in [5.41, 5.74) is -0.235. The molecule has 0 fully saturated rings. The first-order valence-corrected chi connectivity index (χ1v) is 7.67. The van der Waals surface area contributed by atoms with Gasteiger partial charge in [-0.05, 0) is 29.8 Å². The monoisotopic (exact) mass is 377 g/mol. The van der Waals surface area contributed by atoms with Gasteiger partial charge in [0, 0.05) is 18.2 Å². The largest absolute Gasteiger partial charge is 0.497 e. The Hall–Kier alpha value is -3.42. The fraction of sp³-hybridized carbons (Fsp3) is 0.158. The first kappa shape index (κ1) is 19.9. The number of anilines is 1. The third kappa shape index (κ3) is 5.04. The van der Waals surface area contributed by atoms with Crippen LogP contribution in [0.3, 0.4) is 0 Å². The van der Waals surface area contributed by atoms with E-state index in [0.29, 0.717) is 23.1 Å². The van der Waals surface area contributed by atoms with Gasteiger partial charge in [-0.25, -0.2) is 13.6 Å². The van der Waals surface area contributed by atoms with Gasteiger partial charge in [-0.15, -0.1) is 0 Å². The van der Waals surface area contributed by atoms with Crippen LogP contribution < -0.4 is 14.8 Å². The van der Waals surface area contributed by atoms with Crippen LogP contribution in [0.15, 0.2) is 36.4 Å². The summed E-state index contributed by atoms with van der Waals surface area (Å²) in [5, 5.41) is 2.25. The molecule has 6 nitrogen and oxygen atoms in total. The van der Waals surface area contributed by atoms with Crippen molar-refractivity contribution in [3.8, 4) is 11.5 Å². The quantitative estimate of drug-likeness (QED) is 0.617. The molecule has 142 valence electrons. The van der Waals surface area contributed by atoms with Crippen LogP contribution in [0.25, 0.3) is 6.08 Å². The maximum absolute atomic E-state index is 13.9. The van der Waals surface area contributed by atoms with Crippen LogP contribution in [-0.4, -0.2) is 33.2 Å². The molecule has 0 atom stereocenters. The lowest BCUT2D eigenvalue weighted by Gasteiger charge is -2.08. The van der Waals surface area contributed by atoms with E-state index in [1.54, 1.807) is 18.2 Å². The van der Waals surface area contributed by atoms with Gasteiger partial charge in [-0.2, -0.15) is 0 Å². The van der Waals surface area contributed by atoms with Crippen molar-refractivity contribution in [2.45, 2.75) is 0 Å². The summed E-state index contributed by atoms with van der Waals surface area (Å²) in [6, 6.07) is 6.37. The Morgan fingerprint density at radius 2 is 1.56 bits per heavy atom. The SMILES string of the molecule is COC(=O)c1cc(NC(=O)/C=C/c2cc(OC)cc(OC)c2)c(F)cc1F. The van der Waals surface area contributed by atoms with Crippen LogP contribution in [0.2, 0.25) is 0 Å². The predicted molar refractivity (Wildman–Crippen MR) is 94.9 cm³/mol. The van der Waals surface area contributed by atoms with Crippen molar-refractivity contribution >= 4 is 23.6 Å². The molecule has 0 saturated carbocycles. The van der Waals surface area contributed by atoms with E-state index in [9.17, 15) is 18.4 Å². The van der Waals surface area contributed by atoms with Crippen molar-refractivity contribution in [1.82, 2.24) is 0 Å². The molecule has 1 amide bonds. The molecule has 0 unspecified atom stereocenters. The Balaban J connectivity index is 2.21. The molecule has 0 aromatic heterocycles. The average Bonchev–Trinajstić information content (AvgIpc) is 2.67. The fourth-order valence-electron chi connectivity index (χ4n) is 2.18. The number of ether oxygens (including phenoxy) is 3. The highest BCUT2D eigenvalue weighted by Crippen LogP contribution is 2.24. The topological polar surface area (TPSA) is 73.9 Å². The second-order valence-corrected chi connectivity index (χ2v) is 5.27. The molecule has 0 saturated heterocycles. The van der Waals surface area contributed by atoms with E-state index in [4.69, 9.17) is 9.47 Å². The van der Waals surface area contributed by atoms with Gasteiger partial charge in [0.15, 0.2) is 0 Å². The van der Waals surface area contributed by atoms with Gasteiger partial charge in [-0.1, -0.05) is 0 Å². The standard InChI is InChI=1S/C19H17F2NO5/c1-25-12-6-11(7-13(8-12)26-2)4-5-18(23)22-17-9-14(19(24)27-3)15(20)10-16(17)21/h4-10H,1-3H3,(H,22,23)/b5-4+. The van der Waals surface area contributed by atoms with Crippen molar-refractivity contribution in [2.75, 3.05) is 26.6 Å². The normalized spacial score (nSPS) is 10.6. The molecule has 0 radical (unpaired) electrons. The number of benzene rings is 2. The maximum Gasteiger partial charge on any atom is 0.340 e. The second kappa shape index (κ2) is 8.79. The highest BCUT2D eigenvalue weighted by Gasteiger charge is 2.17. The molecular formula is C19H17F2NO5. The van der Waals surface area contributed by atoms with Crippen molar-refractivity contribution < 1.29 is 32.6 Å². The van der Waals surface area contributed by atoms with Gasteiger partial charge < -0.3 is 19.5 Å². The summed E-state index contributed by atoms with van der Waals surface area (Å²) in [4.78, 5) is 23.5. The zero-order valence-corrected chi connectivity index (χ0v) is 14.8. The van der Waals surface area contributed by atoms with E-state index < -0.39 is 29.1 Å². The third-order valence-corrected chi connectivity index (χ3v) is 3.52. The number of rotatable bonds is 6. The van der Waals surface area contributed by atoms with Gasteiger partial charge in [0.1, 0.15) is 23.1 Å². The number of carbonyl (C=O) groups is 2. The Kier molecular flexibility index (Phi) is 6.48. The smallest absolute Gasteiger partial charge is 0.340 e. The lowest BCUT2D eigenvalue weighted by Crippen LogP contribution is -2.12. The Morgan fingerprint density at radius 1 is 0.926 bits per heavy atom. The summed E-state index contributed by atoms with van der Waals surface area (Å²) < 4.78 is 42.2. The second-order valence-electron chi connectivity index (χ2n) is 5.27. The number of esters is 1. The van der Waals surface area contributed by atoms with E-state index in [1.807, 2.05) is 0 Å². The van der Waals surface area contributed by atoms with Crippen molar-refractivity contribution in [1.29, 1.82) is 0 Å². The van der Waals surface area contributed by atoms with Crippen molar-refractivity contribution in [2.24, 2.45) is 0 Å². The summed E-state index contributed by atoms with van der Waals surface area (Å²) in [5.74, 6) is -2.72. The molecule has 0 aliphatic carbocycles. The maximum atomic E-state index is 13.9. The summed E-state index contributed by atoms with van der Waals surface area (Å²) in [6.45, 7) is 0. The fourth-order valence-corrected chi connectivity index (χ4v) is 2.18. The Bertz CT molecular complexity index is 874. The Morgan fingerprint density at radius 3 is 2.11 bits per heavy atom. The minimum atomic E-state index is -1.09. The molecule has 0 aliphatic rings. The summed E-state index contributed by atoms with van der Waals surface area (Å²) in [6.07, 6.45) is 2.61. The Labute approximate surface area is 154 Å². The lowest BCUT2D eigenvalue weighted by atomic mass is 10.1. The molecule has 27 heavy (non-hydrogen) atoms. The molecule has 0 heterocycles. The highest BCUT2D eigenvalue weighted by atomic mass is 19.1. The van der Waals surface area contributed by atoms with Crippen LogP contribution in [0, 0.1) is 11.6 Å². The number of carbonyl (C=O) groups excluding carboxylic acids is 2. The zero-order chi connectivity index (χ0) is 20.0. The van der Waals surface area contributed by atoms with Gasteiger partial charge in [-0.3, -0.25) is 4.79 Å². The summed E-state index contributed by atoms with van der Waals surface area (Å²) >= 11 is 0. The predicted octanol–water partition coefficient (Wildman–Crippen LogP) is 3.42. The average molecular weight is 377 g/mol. The number of hydrogen-bond acceptors (Lipinski definition) is 5. The highest BCUT2D eigenvalue weighted by molar-refractivity contribution is 6.02. The van der Waals surface area contributed by atoms with Gasteiger partial charge in [0.2, 0.25) is 5.91 Å². The molecule has 8 heteroatoms. The van der Waals surface area contributed by atoms with Gasteiger partial charge >= 0.3 is 5.97 Å². The molecule has 1 N–H and O–H groups in total. The third-order valence-electron chi connectivity index (χ3n) is 3.52. The van der Waals surface area contributed by atoms with Crippen LogP contribution >= 0.6 is 0 Å². The number of amides is 1. The van der Waals surface area contributed by atoms with E-state index >= 15 is 0 Å². The van der Waals surface area contributed by atoms with Crippen molar-refractivity contribution in [3.05, 3.63) is 59.2 Å². The van der Waals surface area contributed by atoms with Crippen LogP contribution in [0.5, 0.6) is 11.5 Å². The van der Waals surface area contributed by atoms with E-state index in [2.05, 4.69) is 10.1 Å². The number of nitrogens with one attached hydrogen (secondary N) is 1. The number of halogens is 2. The van der Waals surface area contributed by atoms with Gasteiger partial charge in [0.05, 0.1) is 32.6 Å². The zero-order valence-electron chi connectivity index (χ0n) is 14.8. The molecule has 2 rings (SSSR count). The van der Waals surface area contributed by atoms with E-state index in [1.165, 1.54) is 20.3 Å². The van der Waals surface area contributed by atoms with E-state index in [0.717, 1.165) is 19.3 Å². The van der Waals surface area contributed by atoms with Crippen LogP contribution in [0.4, 0.5) is 14.5 Å². The molecule has 0 bridgehead atoms. The lowest BCUT2D eigenvalue weighted by molar-refractivity contribution is -0.111. The van der Waals surface area contributed by atoms with Crippen LogP contribution in [-0.2, 0) is 9.53 Å². The molecule has 2 aromatic rings. The molecule has 2 aromatic carbocycles. The minimum Gasteiger partial charge on any atom is -0.497 e. The molecule has 0 aliphatic heterocycles. The number of methoxy groups -OCH3 is 3. The molecule has 0 spiro atoms. The first-order chi connectivity index (χ1) is 12.9. The first-order valence-electron chi connectivity index (χ1n) is 7.67. The van der Waals surface area contributed by atoms with Crippen LogP contribution in [0.1, 0.15) is 15.9 Å². The van der Waals surface area contributed by atoms with E-state index in [-0.39, 0.29) is 5.69 Å². The number of hydrogen-bond donors (Lipinski definition) is 1. The molecular weight excluding hydrogens is 360 g/mol. The van der Waals surface area contributed by atoms with Gasteiger partial charge in [0.25, 0.3) is 0 Å². The summed E-state index contributed by atoms with van der Waals surface area (Å²) in [7, 11) is 4.05. The minimum absolute atomic E-state index is 0.352.